The quantitative estimate of drug-likeness (QED) is 0.353. The summed E-state index contributed by atoms with van der Waals surface area (Å²) in [5, 5.41) is 6.09. The molecule has 0 aromatic heterocycles. The number of hydrogen-bond acceptors (Lipinski definition) is 6. The lowest BCUT2D eigenvalue weighted by Crippen LogP contribution is -2.45. The average Bonchev–Trinajstić information content (AvgIpc) is 2.92. The van der Waals surface area contributed by atoms with Crippen LogP contribution in [0.3, 0.4) is 0 Å². The van der Waals surface area contributed by atoms with Crippen LogP contribution in [0.15, 0.2) is 101 Å². The zero-order valence-electron chi connectivity index (χ0n) is 21.4. The Labute approximate surface area is 222 Å². The number of nitrogens with zero attached hydrogens (tertiary/aromatic N) is 3. The maximum atomic E-state index is 14.3. The standard InChI is InChI=1S/C30H32FN5O2/c1-4-29(37)35-24-9-5-7-21(17-24)26-10-6-8-22(18-32-2)30(26)34-20-33-23-11-13-25(14-12-23)38-28-15-16-36(3)19-27(28)31/h4-14,17-18,27-28,33H,1-2,15-16,19-20H2,3H3,(H,35,37)/b22-18-,34-30?. The largest absolute Gasteiger partial charge is 0.487 e. The third-order valence-electron chi connectivity index (χ3n) is 6.27. The van der Waals surface area contributed by atoms with Gasteiger partial charge < -0.3 is 20.3 Å². The molecule has 8 heteroatoms. The van der Waals surface area contributed by atoms with Gasteiger partial charge in [0.1, 0.15) is 24.7 Å². The maximum Gasteiger partial charge on any atom is 0.247 e. The van der Waals surface area contributed by atoms with Crippen LogP contribution < -0.4 is 15.4 Å². The second-order valence-corrected chi connectivity index (χ2v) is 9.07. The monoisotopic (exact) mass is 513 g/mol. The van der Waals surface area contributed by atoms with E-state index in [1.54, 1.807) is 6.20 Å². The first-order valence-electron chi connectivity index (χ1n) is 12.4. The predicted molar refractivity (Wildman–Crippen MR) is 154 cm³/mol. The zero-order chi connectivity index (χ0) is 26.9. The first-order valence-corrected chi connectivity index (χ1v) is 12.4. The summed E-state index contributed by atoms with van der Waals surface area (Å²) in [4.78, 5) is 22.5. The van der Waals surface area contributed by atoms with Crippen molar-refractivity contribution in [1.82, 2.24) is 4.90 Å². The van der Waals surface area contributed by atoms with Crippen LogP contribution in [0.2, 0.25) is 0 Å². The van der Waals surface area contributed by atoms with E-state index >= 15 is 0 Å². The fourth-order valence-corrected chi connectivity index (χ4v) is 4.33. The van der Waals surface area contributed by atoms with Crippen molar-refractivity contribution in [3.8, 4) is 5.75 Å². The zero-order valence-corrected chi connectivity index (χ0v) is 21.4. The molecule has 38 heavy (non-hydrogen) atoms. The number of carbonyl (C=O) groups excluding carboxylic acids is 1. The lowest BCUT2D eigenvalue weighted by molar-refractivity contribution is -0.111. The van der Waals surface area contributed by atoms with Gasteiger partial charge in [-0.05, 0) is 68.2 Å². The minimum atomic E-state index is -1.000. The van der Waals surface area contributed by atoms with E-state index in [1.165, 1.54) is 6.08 Å². The molecule has 1 aliphatic carbocycles. The van der Waals surface area contributed by atoms with Crippen molar-refractivity contribution in [3.63, 3.8) is 0 Å². The summed E-state index contributed by atoms with van der Waals surface area (Å²) in [5.74, 6) is 0.369. The number of carbonyl (C=O) groups is 1. The van der Waals surface area contributed by atoms with Crippen molar-refractivity contribution in [1.29, 1.82) is 0 Å². The normalized spacial score (nSPS) is 21.6. The van der Waals surface area contributed by atoms with Crippen LogP contribution in [0, 0.1) is 0 Å². The molecule has 1 saturated heterocycles. The highest BCUT2D eigenvalue weighted by atomic mass is 19.1. The summed E-state index contributed by atoms with van der Waals surface area (Å²) < 4.78 is 20.2. The van der Waals surface area contributed by atoms with E-state index in [-0.39, 0.29) is 5.91 Å². The number of nitrogens with one attached hydrogen (secondary N) is 2. The molecule has 2 atom stereocenters. The maximum absolute atomic E-state index is 14.3. The van der Waals surface area contributed by atoms with E-state index in [0.717, 1.165) is 34.7 Å². The molecule has 0 radical (unpaired) electrons. The fraction of sp³-hybridized carbons (Fsp3) is 0.233. The smallest absolute Gasteiger partial charge is 0.247 e. The van der Waals surface area contributed by atoms with Crippen LogP contribution in [0.1, 0.15) is 12.0 Å². The summed E-state index contributed by atoms with van der Waals surface area (Å²) in [6.45, 7) is 8.61. The van der Waals surface area contributed by atoms with Gasteiger partial charge in [0.05, 0.1) is 5.71 Å². The van der Waals surface area contributed by atoms with Gasteiger partial charge in [0.25, 0.3) is 0 Å². The molecule has 0 saturated carbocycles. The molecule has 7 nitrogen and oxygen atoms in total. The van der Waals surface area contributed by atoms with Gasteiger partial charge in [0.2, 0.25) is 5.91 Å². The van der Waals surface area contributed by atoms with Crippen molar-refractivity contribution in [2.75, 3.05) is 37.4 Å². The van der Waals surface area contributed by atoms with Gasteiger partial charge in [-0.3, -0.25) is 14.8 Å². The Bertz CT molecular complexity index is 1300. The first kappa shape index (κ1) is 26.8. The third kappa shape index (κ3) is 6.92. The molecule has 1 heterocycles. The van der Waals surface area contributed by atoms with Gasteiger partial charge in [0.15, 0.2) is 0 Å². The number of allylic oxidation sites excluding steroid dienone is 5. The fourth-order valence-electron chi connectivity index (χ4n) is 4.33. The molecule has 2 aromatic carbocycles. The van der Waals surface area contributed by atoms with Crippen LogP contribution in [-0.4, -0.2) is 62.3 Å². The Hall–Kier alpha value is -4.30. The van der Waals surface area contributed by atoms with E-state index < -0.39 is 12.3 Å². The van der Waals surface area contributed by atoms with E-state index in [1.807, 2.05) is 78.7 Å². The molecule has 0 bridgehead atoms. The number of anilines is 2. The first-order chi connectivity index (χ1) is 18.5. The van der Waals surface area contributed by atoms with E-state index in [9.17, 15) is 9.18 Å². The van der Waals surface area contributed by atoms with Gasteiger partial charge in [-0.2, -0.15) is 0 Å². The molecule has 0 spiro atoms. The average molecular weight is 514 g/mol. The van der Waals surface area contributed by atoms with Gasteiger partial charge in [-0.25, -0.2) is 4.39 Å². The highest BCUT2D eigenvalue weighted by Crippen LogP contribution is 2.27. The number of hydrogen-bond donors (Lipinski definition) is 2. The molecule has 2 aromatic rings. The van der Waals surface area contributed by atoms with Gasteiger partial charge in [-0.1, -0.05) is 36.9 Å². The second-order valence-electron chi connectivity index (χ2n) is 9.07. The Morgan fingerprint density at radius 1 is 1.24 bits per heavy atom. The molecule has 4 rings (SSSR count). The Kier molecular flexibility index (Phi) is 9.00. The number of ether oxygens (including phenoxy) is 1. The van der Waals surface area contributed by atoms with Crippen LogP contribution in [0.5, 0.6) is 5.75 Å². The molecule has 1 aliphatic heterocycles. The molecule has 1 amide bonds. The van der Waals surface area contributed by atoms with Crippen molar-refractivity contribution in [3.05, 3.63) is 96.8 Å². The van der Waals surface area contributed by atoms with Crippen LogP contribution >= 0.6 is 0 Å². The highest BCUT2D eigenvalue weighted by molar-refractivity contribution is 6.34. The molecule has 2 aliphatic rings. The van der Waals surface area contributed by atoms with Crippen molar-refractivity contribution in [2.24, 2.45) is 9.98 Å². The molecule has 1 fully saturated rings. The lowest BCUT2D eigenvalue weighted by atomic mass is 9.92. The number of aliphatic imine (C=N–C) groups is 2. The minimum absolute atomic E-state index is 0.276. The molecule has 2 N–H and O–H groups in total. The van der Waals surface area contributed by atoms with Crippen LogP contribution in [0.4, 0.5) is 15.8 Å². The Morgan fingerprint density at radius 3 is 2.79 bits per heavy atom. The topological polar surface area (TPSA) is 78.3 Å². The van der Waals surface area contributed by atoms with E-state index in [0.29, 0.717) is 31.1 Å². The highest BCUT2D eigenvalue weighted by Gasteiger charge is 2.29. The number of piperidine rings is 1. The number of halogens is 1. The molecular weight excluding hydrogens is 481 g/mol. The summed E-state index contributed by atoms with van der Waals surface area (Å²) in [6, 6.07) is 15.0. The number of rotatable bonds is 9. The van der Waals surface area contributed by atoms with Crippen molar-refractivity contribution >= 4 is 35.3 Å². The van der Waals surface area contributed by atoms with Gasteiger partial charge >= 0.3 is 0 Å². The summed E-state index contributed by atoms with van der Waals surface area (Å²) in [5.41, 5.74) is 4.88. The number of likely N-dealkylation sites (tertiary alicyclic amines) is 1. The number of benzene rings is 2. The van der Waals surface area contributed by atoms with Crippen LogP contribution in [-0.2, 0) is 4.79 Å². The number of alkyl halides is 1. The second kappa shape index (κ2) is 12.8. The molecule has 196 valence electrons. The summed E-state index contributed by atoms with van der Waals surface area (Å²) in [6.07, 6.45) is 7.97. The summed E-state index contributed by atoms with van der Waals surface area (Å²) in [7, 11) is 1.92. The predicted octanol–water partition coefficient (Wildman–Crippen LogP) is 5.28. The Morgan fingerprint density at radius 2 is 2.05 bits per heavy atom. The van der Waals surface area contributed by atoms with Crippen molar-refractivity contribution < 1.29 is 13.9 Å². The third-order valence-corrected chi connectivity index (χ3v) is 6.27. The van der Waals surface area contributed by atoms with Crippen molar-refractivity contribution in [2.45, 2.75) is 18.7 Å². The van der Waals surface area contributed by atoms with E-state index in [4.69, 9.17) is 9.73 Å². The van der Waals surface area contributed by atoms with E-state index in [2.05, 4.69) is 28.9 Å². The SMILES string of the molecule is C=CC(=O)Nc1cccc(C2=CC=C/C(=C/N=C)C2=NCNc2ccc(OC3CCN(C)CC3F)cc2)c1. The Balaban J connectivity index is 1.46. The summed E-state index contributed by atoms with van der Waals surface area (Å²) >= 11 is 0. The van der Waals surface area contributed by atoms with Gasteiger partial charge in [-0.15, -0.1) is 0 Å². The van der Waals surface area contributed by atoms with Gasteiger partial charge in [0, 0.05) is 41.8 Å². The molecule has 2 unspecified atom stereocenters. The van der Waals surface area contributed by atoms with Crippen LogP contribution in [0.25, 0.3) is 5.57 Å². The number of amides is 1. The molecular formula is C30H32FN5O2. The minimum Gasteiger partial charge on any atom is -0.487 e. The lowest BCUT2D eigenvalue weighted by Gasteiger charge is -2.32.